The zero-order valence-electron chi connectivity index (χ0n) is 16.8. The van der Waals surface area contributed by atoms with E-state index in [4.69, 9.17) is 4.74 Å². The summed E-state index contributed by atoms with van der Waals surface area (Å²) in [6.07, 6.45) is 6.16. The molecule has 1 saturated heterocycles. The number of anilines is 1. The second-order valence-corrected chi connectivity index (χ2v) is 9.03. The third-order valence-corrected chi connectivity index (χ3v) is 6.94. The van der Waals surface area contributed by atoms with Crippen molar-refractivity contribution in [3.63, 3.8) is 0 Å². The molecule has 2 aromatic carbocycles. The van der Waals surface area contributed by atoms with E-state index in [1.165, 1.54) is 66.6 Å². The summed E-state index contributed by atoms with van der Waals surface area (Å²) in [7, 11) is 0. The molecule has 0 aromatic heterocycles. The number of benzene rings is 2. The quantitative estimate of drug-likeness (QED) is 0.636. The fraction of sp³-hybridized carbons (Fsp3) is 0.500. The molecule has 1 unspecified atom stereocenters. The largest absolute Gasteiger partial charge is 0.494 e. The first kappa shape index (κ1) is 19.8. The summed E-state index contributed by atoms with van der Waals surface area (Å²) in [4.78, 5) is 2.66. The minimum atomic E-state index is 0.587. The van der Waals surface area contributed by atoms with Crippen LogP contribution in [-0.4, -0.2) is 37.2 Å². The Labute approximate surface area is 177 Å². The van der Waals surface area contributed by atoms with Crippen LogP contribution in [0.15, 0.2) is 46.9 Å². The summed E-state index contributed by atoms with van der Waals surface area (Å²) in [6, 6.07) is 15.7. The zero-order valence-corrected chi connectivity index (χ0v) is 18.4. The van der Waals surface area contributed by atoms with Crippen LogP contribution in [0.25, 0.3) is 0 Å². The van der Waals surface area contributed by atoms with Gasteiger partial charge < -0.3 is 15.0 Å². The number of halogens is 1. The van der Waals surface area contributed by atoms with Gasteiger partial charge in [-0.15, -0.1) is 0 Å². The molecule has 28 heavy (non-hydrogen) atoms. The molecule has 0 bridgehead atoms. The Morgan fingerprint density at radius 3 is 2.75 bits per heavy atom. The van der Waals surface area contributed by atoms with Gasteiger partial charge in [0, 0.05) is 22.7 Å². The van der Waals surface area contributed by atoms with Gasteiger partial charge in [-0.3, -0.25) is 0 Å². The molecule has 0 spiro atoms. The van der Waals surface area contributed by atoms with Crippen LogP contribution in [0, 0.1) is 5.92 Å². The van der Waals surface area contributed by atoms with Gasteiger partial charge in [0.25, 0.3) is 0 Å². The first-order valence-electron chi connectivity index (χ1n) is 10.7. The van der Waals surface area contributed by atoms with Crippen molar-refractivity contribution >= 4 is 21.6 Å². The van der Waals surface area contributed by atoms with Crippen LogP contribution in [-0.2, 0) is 12.8 Å². The molecule has 0 amide bonds. The molecule has 2 aliphatic heterocycles. The van der Waals surface area contributed by atoms with Crippen LogP contribution in [0.5, 0.6) is 5.75 Å². The molecular formula is C24H31BrN2O. The second kappa shape index (κ2) is 9.32. The van der Waals surface area contributed by atoms with Gasteiger partial charge in [-0.05, 0) is 93.4 Å². The molecule has 2 aliphatic rings. The number of aryl methyl sites for hydroxylation is 1. The van der Waals surface area contributed by atoms with Crippen molar-refractivity contribution in [2.75, 3.05) is 31.6 Å². The normalized spacial score (nSPS) is 20.4. The van der Waals surface area contributed by atoms with Crippen molar-refractivity contribution in [2.24, 2.45) is 5.92 Å². The maximum absolute atomic E-state index is 5.68. The summed E-state index contributed by atoms with van der Waals surface area (Å²) in [5.74, 6) is 1.76. The number of likely N-dealkylation sites (tertiary alicyclic amines) is 1. The van der Waals surface area contributed by atoms with Gasteiger partial charge in [-0.2, -0.15) is 0 Å². The highest BCUT2D eigenvalue weighted by atomic mass is 79.9. The summed E-state index contributed by atoms with van der Waals surface area (Å²) >= 11 is 3.73. The molecule has 3 nitrogen and oxygen atoms in total. The maximum atomic E-state index is 5.68. The molecular weight excluding hydrogens is 412 g/mol. The van der Waals surface area contributed by atoms with Crippen molar-refractivity contribution in [2.45, 2.75) is 45.1 Å². The van der Waals surface area contributed by atoms with Crippen molar-refractivity contribution in [3.8, 4) is 5.75 Å². The predicted molar refractivity (Wildman–Crippen MR) is 120 cm³/mol. The number of piperidine rings is 1. The zero-order chi connectivity index (χ0) is 19.3. The molecule has 4 rings (SSSR count). The lowest BCUT2D eigenvalue weighted by molar-refractivity contribution is 0.175. The summed E-state index contributed by atoms with van der Waals surface area (Å²) in [5.41, 5.74) is 4.19. The summed E-state index contributed by atoms with van der Waals surface area (Å²) in [5, 5.41) is 3.76. The number of nitrogens with zero attached hydrogens (tertiary/aromatic N) is 1. The van der Waals surface area contributed by atoms with Crippen molar-refractivity contribution in [3.05, 3.63) is 58.1 Å². The van der Waals surface area contributed by atoms with E-state index in [2.05, 4.69) is 68.6 Å². The number of hydrogen-bond donors (Lipinski definition) is 1. The minimum Gasteiger partial charge on any atom is -0.494 e. The minimum absolute atomic E-state index is 0.587. The second-order valence-electron chi connectivity index (χ2n) is 8.17. The number of ether oxygens (including phenoxy) is 1. The SMILES string of the molecule is CCOc1ccc(Br)c(CC2CCN(CC3CCc4ccccc4N3)CC2)c1. The van der Waals surface area contributed by atoms with E-state index in [9.17, 15) is 0 Å². The highest BCUT2D eigenvalue weighted by molar-refractivity contribution is 9.10. The molecule has 4 heteroatoms. The average Bonchev–Trinajstić information content (AvgIpc) is 2.72. The lowest BCUT2D eigenvalue weighted by atomic mass is 9.89. The third kappa shape index (κ3) is 4.90. The molecule has 1 N–H and O–H groups in total. The molecule has 0 radical (unpaired) electrons. The molecule has 1 atom stereocenters. The Hall–Kier alpha value is -1.52. The van der Waals surface area contributed by atoms with Gasteiger partial charge in [-0.1, -0.05) is 34.1 Å². The van der Waals surface area contributed by atoms with Gasteiger partial charge in [0.2, 0.25) is 0 Å². The van der Waals surface area contributed by atoms with Gasteiger partial charge in [-0.25, -0.2) is 0 Å². The van der Waals surface area contributed by atoms with E-state index in [0.717, 1.165) is 24.7 Å². The van der Waals surface area contributed by atoms with Crippen LogP contribution < -0.4 is 10.1 Å². The van der Waals surface area contributed by atoms with Crippen LogP contribution in [0.2, 0.25) is 0 Å². The van der Waals surface area contributed by atoms with Gasteiger partial charge >= 0.3 is 0 Å². The fourth-order valence-corrected chi connectivity index (χ4v) is 5.01. The van der Waals surface area contributed by atoms with Crippen molar-refractivity contribution < 1.29 is 4.74 Å². The average molecular weight is 443 g/mol. The van der Waals surface area contributed by atoms with Crippen LogP contribution >= 0.6 is 15.9 Å². The van der Waals surface area contributed by atoms with Crippen LogP contribution in [0.1, 0.15) is 37.3 Å². The smallest absolute Gasteiger partial charge is 0.119 e. The summed E-state index contributed by atoms with van der Waals surface area (Å²) < 4.78 is 6.89. The van der Waals surface area contributed by atoms with E-state index < -0.39 is 0 Å². The van der Waals surface area contributed by atoms with Crippen molar-refractivity contribution in [1.29, 1.82) is 0 Å². The van der Waals surface area contributed by atoms with Crippen molar-refractivity contribution in [1.82, 2.24) is 4.90 Å². The number of nitrogens with one attached hydrogen (secondary N) is 1. The Morgan fingerprint density at radius 2 is 1.93 bits per heavy atom. The lowest BCUT2D eigenvalue weighted by Crippen LogP contribution is -2.43. The highest BCUT2D eigenvalue weighted by Crippen LogP contribution is 2.30. The van der Waals surface area contributed by atoms with Gasteiger partial charge in [0.15, 0.2) is 0 Å². The molecule has 1 fully saturated rings. The van der Waals surface area contributed by atoms with E-state index >= 15 is 0 Å². The number of fused-ring (bicyclic) bond motifs is 1. The predicted octanol–water partition coefficient (Wildman–Crippen LogP) is 5.53. The first-order chi connectivity index (χ1) is 13.7. The Balaban J connectivity index is 1.27. The Bertz CT molecular complexity index is 786. The van der Waals surface area contributed by atoms with E-state index in [-0.39, 0.29) is 0 Å². The Morgan fingerprint density at radius 1 is 1.11 bits per heavy atom. The first-order valence-corrected chi connectivity index (χ1v) is 11.5. The number of para-hydroxylation sites is 1. The van der Waals surface area contributed by atoms with E-state index in [0.29, 0.717) is 6.04 Å². The molecule has 0 aliphatic carbocycles. The highest BCUT2D eigenvalue weighted by Gasteiger charge is 2.24. The van der Waals surface area contributed by atoms with E-state index in [1.54, 1.807) is 0 Å². The standard InChI is InChI=1S/C24H31BrN2O/c1-2-28-22-9-10-23(25)20(16-22)15-18-11-13-27(14-12-18)17-21-8-7-19-5-3-4-6-24(19)26-21/h3-6,9-10,16,18,21,26H,2,7-8,11-15,17H2,1H3. The van der Waals surface area contributed by atoms with Gasteiger partial charge in [0.05, 0.1) is 6.61 Å². The molecule has 150 valence electrons. The number of hydrogen-bond acceptors (Lipinski definition) is 3. The maximum Gasteiger partial charge on any atom is 0.119 e. The van der Waals surface area contributed by atoms with E-state index in [1.807, 2.05) is 6.92 Å². The lowest BCUT2D eigenvalue weighted by Gasteiger charge is -2.36. The number of rotatable bonds is 6. The third-order valence-electron chi connectivity index (χ3n) is 6.16. The Kier molecular flexibility index (Phi) is 6.58. The summed E-state index contributed by atoms with van der Waals surface area (Å²) in [6.45, 7) is 6.36. The topological polar surface area (TPSA) is 24.5 Å². The fourth-order valence-electron chi connectivity index (χ4n) is 4.60. The molecule has 2 heterocycles. The monoisotopic (exact) mass is 442 g/mol. The van der Waals surface area contributed by atoms with Crippen LogP contribution in [0.3, 0.4) is 0 Å². The van der Waals surface area contributed by atoms with Gasteiger partial charge in [0.1, 0.15) is 5.75 Å². The van der Waals surface area contributed by atoms with Crippen LogP contribution in [0.4, 0.5) is 5.69 Å². The molecule has 0 saturated carbocycles. The molecule has 2 aromatic rings.